The van der Waals surface area contributed by atoms with E-state index >= 15 is 0 Å². The second-order valence-electron chi connectivity index (χ2n) is 5.96. The molecule has 1 nitrogen and oxygen atoms in total. The number of hydrogen-bond acceptors (Lipinski definition) is 2. The van der Waals surface area contributed by atoms with E-state index in [1.54, 1.807) is 0 Å². The van der Waals surface area contributed by atoms with E-state index in [-0.39, 0.29) is 0 Å². The Morgan fingerprint density at radius 3 is 2.62 bits per heavy atom. The first-order valence-electron chi connectivity index (χ1n) is 6.87. The van der Waals surface area contributed by atoms with E-state index in [1.165, 1.54) is 25.7 Å². The van der Waals surface area contributed by atoms with E-state index in [0.29, 0.717) is 5.41 Å². The highest BCUT2D eigenvalue weighted by Crippen LogP contribution is 2.41. The first-order chi connectivity index (χ1) is 7.48. The molecule has 1 fully saturated rings. The van der Waals surface area contributed by atoms with Crippen LogP contribution < -0.4 is 5.32 Å². The Labute approximate surface area is 106 Å². The lowest BCUT2D eigenvalue weighted by Gasteiger charge is -2.41. The van der Waals surface area contributed by atoms with Gasteiger partial charge in [0.1, 0.15) is 0 Å². The van der Waals surface area contributed by atoms with Gasteiger partial charge in [-0.25, -0.2) is 0 Å². The topological polar surface area (TPSA) is 12.0 Å². The van der Waals surface area contributed by atoms with Gasteiger partial charge in [0.05, 0.1) is 0 Å². The molecule has 3 atom stereocenters. The fraction of sp³-hybridized carbons (Fsp3) is 1.00. The van der Waals surface area contributed by atoms with Gasteiger partial charge in [-0.1, -0.05) is 34.6 Å². The van der Waals surface area contributed by atoms with Crippen LogP contribution in [0, 0.1) is 5.41 Å². The smallest absolute Gasteiger partial charge is 0.0208 e. The van der Waals surface area contributed by atoms with E-state index in [1.807, 2.05) is 0 Å². The van der Waals surface area contributed by atoms with Crippen molar-refractivity contribution in [3.8, 4) is 0 Å². The monoisotopic (exact) mass is 243 g/mol. The van der Waals surface area contributed by atoms with Crippen molar-refractivity contribution in [2.24, 2.45) is 5.41 Å². The zero-order valence-corrected chi connectivity index (χ0v) is 12.5. The van der Waals surface area contributed by atoms with Crippen molar-refractivity contribution in [1.82, 2.24) is 5.32 Å². The molecule has 1 rings (SSSR count). The Bertz CT molecular complexity index is 203. The maximum absolute atomic E-state index is 3.68. The van der Waals surface area contributed by atoms with Crippen molar-refractivity contribution >= 4 is 11.8 Å². The molecule has 0 aliphatic heterocycles. The van der Waals surface area contributed by atoms with Crippen LogP contribution in [0.1, 0.15) is 60.3 Å². The molecular formula is C14H29NS. The summed E-state index contributed by atoms with van der Waals surface area (Å²) in [6.45, 7) is 12.9. The molecular weight excluding hydrogens is 214 g/mol. The third-order valence-corrected chi connectivity index (χ3v) is 5.43. The summed E-state index contributed by atoms with van der Waals surface area (Å²) in [6.07, 6.45) is 5.40. The maximum atomic E-state index is 3.68. The molecule has 16 heavy (non-hydrogen) atoms. The molecule has 0 heterocycles. The molecule has 0 aromatic carbocycles. The second kappa shape index (κ2) is 6.30. The highest BCUT2D eigenvalue weighted by atomic mass is 32.2. The highest BCUT2D eigenvalue weighted by Gasteiger charge is 2.35. The van der Waals surface area contributed by atoms with Crippen LogP contribution in [-0.4, -0.2) is 23.1 Å². The Hall–Kier alpha value is 0.310. The Balaban J connectivity index is 2.57. The van der Waals surface area contributed by atoms with Crippen molar-refractivity contribution < 1.29 is 0 Å². The summed E-state index contributed by atoms with van der Waals surface area (Å²) < 4.78 is 0. The zero-order chi connectivity index (χ0) is 12.2. The van der Waals surface area contributed by atoms with E-state index in [4.69, 9.17) is 0 Å². The van der Waals surface area contributed by atoms with Gasteiger partial charge in [-0.3, -0.25) is 0 Å². The van der Waals surface area contributed by atoms with E-state index in [0.717, 1.165) is 23.1 Å². The van der Waals surface area contributed by atoms with Crippen molar-refractivity contribution in [2.45, 2.75) is 76.8 Å². The van der Waals surface area contributed by atoms with Crippen LogP contribution in [0.2, 0.25) is 0 Å². The third-order valence-electron chi connectivity index (χ3n) is 3.78. The van der Waals surface area contributed by atoms with Gasteiger partial charge in [0.2, 0.25) is 0 Å². The summed E-state index contributed by atoms with van der Waals surface area (Å²) in [4.78, 5) is 0. The largest absolute Gasteiger partial charge is 0.313 e. The van der Waals surface area contributed by atoms with E-state index in [9.17, 15) is 0 Å². The van der Waals surface area contributed by atoms with Crippen LogP contribution >= 0.6 is 11.8 Å². The number of hydrogen-bond donors (Lipinski definition) is 1. The van der Waals surface area contributed by atoms with Crippen LogP contribution in [0.25, 0.3) is 0 Å². The number of nitrogens with one attached hydrogen (secondary N) is 1. The summed E-state index contributed by atoms with van der Waals surface area (Å²) >= 11 is 2.21. The highest BCUT2D eigenvalue weighted by molar-refractivity contribution is 8.00. The molecule has 1 saturated carbocycles. The van der Waals surface area contributed by atoms with Gasteiger partial charge < -0.3 is 5.32 Å². The lowest BCUT2D eigenvalue weighted by Crippen LogP contribution is -2.45. The number of rotatable bonds is 5. The van der Waals surface area contributed by atoms with Crippen molar-refractivity contribution in [3.63, 3.8) is 0 Å². The molecule has 1 aliphatic rings. The van der Waals surface area contributed by atoms with E-state index in [2.05, 4.69) is 51.7 Å². The first kappa shape index (κ1) is 14.4. The molecule has 0 bridgehead atoms. The zero-order valence-electron chi connectivity index (χ0n) is 11.7. The summed E-state index contributed by atoms with van der Waals surface area (Å²) in [5.74, 6) is 0. The minimum atomic E-state index is 0.553. The Morgan fingerprint density at radius 1 is 1.38 bits per heavy atom. The molecule has 96 valence electrons. The van der Waals surface area contributed by atoms with Gasteiger partial charge in [-0.15, -0.1) is 0 Å². The quantitative estimate of drug-likeness (QED) is 0.781. The predicted molar refractivity (Wildman–Crippen MR) is 76.2 cm³/mol. The first-order valence-corrected chi connectivity index (χ1v) is 7.81. The average Bonchev–Trinajstić information content (AvgIpc) is 2.21. The molecule has 2 heteroatoms. The van der Waals surface area contributed by atoms with Crippen LogP contribution in [0.5, 0.6) is 0 Å². The number of thioether (sulfide) groups is 1. The Morgan fingerprint density at radius 2 is 2.06 bits per heavy atom. The van der Waals surface area contributed by atoms with Crippen molar-refractivity contribution in [2.75, 3.05) is 6.54 Å². The predicted octanol–water partition coefficient (Wildman–Crippen LogP) is 4.07. The lowest BCUT2D eigenvalue weighted by molar-refractivity contribution is 0.215. The molecule has 1 N–H and O–H groups in total. The molecule has 0 spiro atoms. The summed E-state index contributed by atoms with van der Waals surface area (Å²) in [5, 5.41) is 5.30. The van der Waals surface area contributed by atoms with Crippen LogP contribution in [0.15, 0.2) is 0 Å². The van der Waals surface area contributed by atoms with Crippen LogP contribution in [0.4, 0.5) is 0 Å². The average molecular weight is 243 g/mol. The third kappa shape index (κ3) is 4.29. The Kier molecular flexibility index (Phi) is 5.66. The van der Waals surface area contributed by atoms with Gasteiger partial charge in [0, 0.05) is 16.5 Å². The van der Waals surface area contributed by atoms with Gasteiger partial charge in [-0.2, -0.15) is 11.8 Å². The molecule has 0 radical (unpaired) electrons. The molecule has 0 amide bonds. The molecule has 3 unspecified atom stereocenters. The fourth-order valence-electron chi connectivity index (χ4n) is 2.55. The van der Waals surface area contributed by atoms with Crippen LogP contribution in [0.3, 0.4) is 0 Å². The molecule has 0 aromatic rings. The van der Waals surface area contributed by atoms with Crippen LogP contribution in [-0.2, 0) is 0 Å². The minimum Gasteiger partial charge on any atom is -0.313 e. The standard InChI is InChI=1S/C14H29NS/c1-6-11(3)16-13-10-14(4,5)9-8-12(13)15-7-2/h11-13,15H,6-10H2,1-5H3. The van der Waals surface area contributed by atoms with Gasteiger partial charge in [0.15, 0.2) is 0 Å². The fourth-order valence-corrected chi connectivity index (χ4v) is 4.31. The van der Waals surface area contributed by atoms with Gasteiger partial charge in [0.25, 0.3) is 0 Å². The van der Waals surface area contributed by atoms with E-state index < -0.39 is 0 Å². The molecule has 0 aromatic heterocycles. The normalized spacial score (nSPS) is 31.3. The van der Waals surface area contributed by atoms with Gasteiger partial charge >= 0.3 is 0 Å². The minimum absolute atomic E-state index is 0.553. The maximum Gasteiger partial charge on any atom is 0.0208 e. The van der Waals surface area contributed by atoms with Crippen molar-refractivity contribution in [3.05, 3.63) is 0 Å². The second-order valence-corrected chi connectivity index (χ2v) is 7.65. The summed E-state index contributed by atoms with van der Waals surface area (Å²) in [5.41, 5.74) is 0.553. The lowest BCUT2D eigenvalue weighted by atomic mass is 9.75. The summed E-state index contributed by atoms with van der Waals surface area (Å²) in [6, 6.07) is 0.747. The SMILES string of the molecule is CCNC1CCC(C)(C)CC1SC(C)CC. The summed E-state index contributed by atoms with van der Waals surface area (Å²) in [7, 11) is 0. The molecule has 1 aliphatic carbocycles. The molecule has 0 saturated heterocycles. The van der Waals surface area contributed by atoms with Crippen molar-refractivity contribution in [1.29, 1.82) is 0 Å². The van der Waals surface area contributed by atoms with Gasteiger partial charge in [-0.05, 0) is 37.6 Å².